The van der Waals surface area contributed by atoms with Gasteiger partial charge in [-0.3, -0.25) is 0 Å². The Morgan fingerprint density at radius 2 is 1.69 bits per heavy atom. The van der Waals surface area contributed by atoms with Gasteiger partial charge in [-0.25, -0.2) is 0 Å². The SMILES string of the molecule is CCC(C)CC(O)C1(CC(C)C)CCCC1. The van der Waals surface area contributed by atoms with Crippen LogP contribution in [-0.2, 0) is 0 Å². The molecule has 2 atom stereocenters. The molecule has 1 N–H and O–H groups in total. The molecular formula is C15H30O. The van der Waals surface area contributed by atoms with Crippen molar-refractivity contribution in [3.05, 3.63) is 0 Å². The lowest BCUT2D eigenvalue weighted by atomic mass is 9.71. The Hall–Kier alpha value is -0.0400. The van der Waals surface area contributed by atoms with Crippen molar-refractivity contribution in [1.29, 1.82) is 0 Å². The Kier molecular flexibility index (Phi) is 5.30. The van der Waals surface area contributed by atoms with Crippen molar-refractivity contribution in [2.45, 2.75) is 78.7 Å². The molecule has 16 heavy (non-hydrogen) atoms. The summed E-state index contributed by atoms with van der Waals surface area (Å²) in [5.74, 6) is 1.38. The molecule has 0 aromatic heterocycles. The zero-order valence-electron chi connectivity index (χ0n) is 11.6. The summed E-state index contributed by atoms with van der Waals surface area (Å²) in [7, 11) is 0. The number of aliphatic hydroxyl groups excluding tert-OH is 1. The zero-order valence-corrected chi connectivity index (χ0v) is 11.6. The van der Waals surface area contributed by atoms with Gasteiger partial charge in [-0.15, -0.1) is 0 Å². The maximum absolute atomic E-state index is 10.5. The lowest BCUT2D eigenvalue weighted by Gasteiger charge is -2.37. The van der Waals surface area contributed by atoms with Crippen LogP contribution in [-0.4, -0.2) is 11.2 Å². The van der Waals surface area contributed by atoms with E-state index in [1.807, 2.05) is 0 Å². The van der Waals surface area contributed by atoms with Gasteiger partial charge in [0.1, 0.15) is 0 Å². The van der Waals surface area contributed by atoms with Crippen molar-refractivity contribution in [3.8, 4) is 0 Å². The fourth-order valence-corrected chi connectivity index (χ4v) is 3.36. The Balaban J connectivity index is 2.61. The predicted molar refractivity (Wildman–Crippen MR) is 70.4 cm³/mol. The summed E-state index contributed by atoms with van der Waals surface area (Å²) in [6.45, 7) is 9.06. The van der Waals surface area contributed by atoms with E-state index in [-0.39, 0.29) is 11.5 Å². The number of aliphatic hydroxyl groups is 1. The monoisotopic (exact) mass is 226 g/mol. The van der Waals surface area contributed by atoms with E-state index in [1.54, 1.807) is 0 Å². The maximum atomic E-state index is 10.5. The quantitative estimate of drug-likeness (QED) is 0.712. The lowest BCUT2D eigenvalue weighted by molar-refractivity contribution is -0.00269. The fraction of sp³-hybridized carbons (Fsp3) is 1.00. The molecule has 1 aliphatic rings. The second-order valence-electron chi connectivity index (χ2n) is 6.43. The molecule has 96 valence electrons. The van der Waals surface area contributed by atoms with Gasteiger partial charge in [-0.2, -0.15) is 0 Å². The summed E-state index contributed by atoms with van der Waals surface area (Å²) in [6, 6.07) is 0. The third-order valence-corrected chi connectivity index (χ3v) is 4.44. The van der Waals surface area contributed by atoms with E-state index in [0.29, 0.717) is 11.8 Å². The van der Waals surface area contributed by atoms with E-state index in [2.05, 4.69) is 27.7 Å². The first kappa shape index (κ1) is 14.0. The van der Waals surface area contributed by atoms with Crippen LogP contribution >= 0.6 is 0 Å². The second-order valence-corrected chi connectivity index (χ2v) is 6.43. The molecule has 2 unspecified atom stereocenters. The van der Waals surface area contributed by atoms with Crippen molar-refractivity contribution < 1.29 is 5.11 Å². The summed E-state index contributed by atoms with van der Waals surface area (Å²) in [5.41, 5.74) is 0.262. The maximum Gasteiger partial charge on any atom is 0.0599 e. The van der Waals surface area contributed by atoms with Gasteiger partial charge in [0.2, 0.25) is 0 Å². The van der Waals surface area contributed by atoms with Crippen LogP contribution in [0.5, 0.6) is 0 Å². The Morgan fingerprint density at radius 1 is 1.12 bits per heavy atom. The van der Waals surface area contributed by atoms with Crippen LogP contribution in [0.2, 0.25) is 0 Å². The van der Waals surface area contributed by atoms with Gasteiger partial charge in [0, 0.05) is 0 Å². The first-order valence-corrected chi connectivity index (χ1v) is 7.18. The summed E-state index contributed by atoms with van der Waals surface area (Å²) in [4.78, 5) is 0. The highest BCUT2D eigenvalue weighted by Crippen LogP contribution is 2.47. The van der Waals surface area contributed by atoms with Crippen molar-refractivity contribution in [1.82, 2.24) is 0 Å². The molecule has 1 aliphatic carbocycles. The van der Waals surface area contributed by atoms with Crippen LogP contribution in [0.15, 0.2) is 0 Å². The topological polar surface area (TPSA) is 20.2 Å². The summed E-state index contributed by atoms with van der Waals surface area (Å²) < 4.78 is 0. The minimum absolute atomic E-state index is 0.0626. The first-order chi connectivity index (χ1) is 7.50. The molecule has 0 aliphatic heterocycles. The molecule has 0 spiro atoms. The Morgan fingerprint density at radius 3 is 2.12 bits per heavy atom. The average molecular weight is 226 g/mol. The van der Waals surface area contributed by atoms with Crippen LogP contribution in [0.4, 0.5) is 0 Å². The number of rotatable bonds is 6. The second kappa shape index (κ2) is 6.05. The predicted octanol–water partition coefficient (Wildman–Crippen LogP) is 4.39. The van der Waals surface area contributed by atoms with Crippen LogP contribution < -0.4 is 0 Å². The molecule has 0 bridgehead atoms. The van der Waals surface area contributed by atoms with Gasteiger partial charge in [-0.1, -0.05) is 47.0 Å². The molecule has 1 fully saturated rings. The van der Waals surface area contributed by atoms with Gasteiger partial charge in [0.15, 0.2) is 0 Å². The normalized spacial score (nSPS) is 23.6. The van der Waals surface area contributed by atoms with Crippen LogP contribution in [0.25, 0.3) is 0 Å². The van der Waals surface area contributed by atoms with Gasteiger partial charge >= 0.3 is 0 Å². The third kappa shape index (κ3) is 3.48. The Bertz CT molecular complexity index is 192. The standard InChI is InChI=1S/C15H30O/c1-5-13(4)10-14(16)15(11-12(2)3)8-6-7-9-15/h12-14,16H,5-11H2,1-4H3. The van der Waals surface area contributed by atoms with Gasteiger partial charge in [0.25, 0.3) is 0 Å². The minimum atomic E-state index is -0.0626. The minimum Gasteiger partial charge on any atom is -0.393 e. The molecule has 1 nitrogen and oxygen atoms in total. The number of hydrogen-bond acceptors (Lipinski definition) is 1. The largest absolute Gasteiger partial charge is 0.393 e. The fourth-order valence-electron chi connectivity index (χ4n) is 3.36. The molecule has 0 heterocycles. The van der Waals surface area contributed by atoms with Crippen LogP contribution in [0.3, 0.4) is 0 Å². The third-order valence-electron chi connectivity index (χ3n) is 4.44. The number of hydrogen-bond donors (Lipinski definition) is 1. The molecule has 1 heteroatoms. The van der Waals surface area contributed by atoms with Crippen LogP contribution in [0, 0.1) is 17.3 Å². The highest BCUT2D eigenvalue weighted by atomic mass is 16.3. The molecule has 1 rings (SSSR count). The summed E-state index contributed by atoms with van der Waals surface area (Å²) >= 11 is 0. The van der Waals surface area contributed by atoms with E-state index in [0.717, 1.165) is 6.42 Å². The molecule has 1 saturated carbocycles. The van der Waals surface area contributed by atoms with Crippen molar-refractivity contribution >= 4 is 0 Å². The van der Waals surface area contributed by atoms with E-state index in [4.69, 9.17) is 0 Å². The van der Waals surface area contributed by atoms with E-state index >= 15 is 0 Å². The smallest absolute Gasteiger partial charge is 0.0599 e. The average Bonchev–Trinajstić information content (AvgIpc) is 2.66. The van der Waals surface area contributed by atoms with Crippen molar-refractivity contribution in [2.75, 3.05) is 0 Å². The summed E-state index contributed by atoms with van der Waals surface area (Å²) in [6.07, 6.45) is 8.50. The highest BCUT2D eigenvalue weighted by Gasteiger charge is 2.40. The molecule has 0 amide bonds. The molecule has 0 saturated heterocycles. The zero-order chi connectivity index (χ0) is 12.2. The van der Waals surface area contributed by atoms with Crippen LogP contribution in [0.1, 0.15) is 72.6 Å². The van der Waals surface area contributed by atoms with E-state index in [1.165, 1.54) is 38.5 Å². The molecule has 0 aromatic rings. The van der Waals surface area contributed by atoms with Crippen molar-refractivity contribution in [3.63, 3.8) is 0 Å². The van der Waals surface area contributed by atoms with E-state index in [9.17, 15) is 5.11 Å². The van der Waals surface area contributed by atoms with Crippen molar-refractivity contribution in [2.24, 2.45) is 17.3 Å². The van der Waals surface area contributed by atoms with Gasteiger partial charge in [-0.05, 0) is 42.9 Å². The molecule has 0 aromatic carbocycles. The van der Waals surface area contributed by atoms with E-state index < -0.39 is 0 Å². The molecule has 0 radical (unpaired) electrons. The van der Waals surface area contributed by atoms with Gasteiger partial charge < -0.3 is 5.11 Å². The Labute approximate surface area is 102 Å². The van der Waals surface area contributed by atoms with Gasteiger partial charge in [0.05, 0.1) is 6.10 Å². The first-order valence-electron chi connectivity index (χ1n) is 7.18. The lowest BCUT2D eigenvalue weighted by Crippen LogP contribution is -2.35. The highest BCUT2D eigenvalue weighted by molar-refractivity contribution is 4.91. The summed E-state index contributed by atoms with van der Waals surface area (Å²) in [5, 5.41) is 10.5. The molecular weight excluding hydrogens is 196 g/mol.